The lowest BCUT2D eigenvalue weighted by Gasteiger charge is -2.14. The molecule has 268 valence electrons. The van der Waals surface area contributed by atoms with Gasteiger partial charge in [-0.05, 0) is 37.8 Å². The molecular weight excluding hydrogens is 773 g/mol. The van der Waals surface area contributed by atoms with Crippen molar-refractivity contribution in [2.75, 3.05) is 23.7 Å². The lowest BCUT2D eigenvalue weighted by Crippen LogP contribution is -2.31. The second kappa shape index (κ2) is 17.4. The Kier molecular flexibility index (Phi) is 12.7. The van der Waals surface area contributed by atoms with Crippen molar-refractivity contribution in [2.45, 2.75) is 52.4 Å². The molecule has 0 radical (unpaired) electrons. The first-order valence-electron chi connectivity index (χ1n) is 16.4. The maximum absolute atomic E-state index is 13.4. The second-order valence-electron chi connectivity index (χ2n) is 12.2. The minimum Gasteiger partial charge on any atom is -0.302 e. The van der Waals surface area contributed by atoms with Crippen LogP contribution in [0.1, 0.15) is 57.7 Å². The summed E-state index contributed by atoms with van der Waals surface area (Å²) < 4.78 is 0.652. The highest BCUT2D eigenvalue weighted by Gasteiger charge is 2.41. The molecule has 10 nitrogen and oxygen atoms in total. The third-order valence-electron chi connectivity index (χ3n) is 8.00. The van der Waals surface area contributed by atoms with Gasteiger partial charge in [-0.2, -0.15) is 0 Å². The van der Waals surface area contributed by atoms with Gasteiger partial charge in [0.2, 0.25) is 11.8 Å². The zero-order valence-corrected chi connectivity index (χ0v) is 33.2. The van der Waals surface area contributed by atoms with Crippen LogP contribution in [-0.2, 0) is 32.0 Å². The molecular formula is C36H34N6O4S6. The van der Waals surface area contributed by atoms with Crippen LogP contribution in [0.5, 0.6) is 0 Å². The topological polar surface area (TPSA) is 125 Å². The number of thiocarbonyl (C=S) groups is 2. The average molecular weight is 807 g/mol. The van der Waals surface area contributed by atoms with E-state index >= 15 is 0 Å². The smallest absolute Gasteiger partial charge is 0.267 e. The fraction of sp³-hybridized carbons (Fsp3) is 0.278. The van der Waals surface area contributed by atoms with Gasteiger partial charge < -0.3 is 10.6 Å². The molecule has 0 bridgehead atoms. The van der Waals surface area contributed by atoms with Gasteiger partial charge in [-0.1, -0.05) is 108 Å². The van der Waals surface area contributed by atoms with Crippen LogP contribution in [0.4, 0.5) is 10.3 Å². The number of aromatic nitrogens is 2. The Morgan fingerprint density at radius 2 is 1.12 bits per heavy atom. The molecule has 0 atom stereocenters. The molecule has 52 heavy (non-hydrogen) atoms. The molecule has 2 aromatic carbocycles. The van der Waals surface area contributed by atoms with Gasteiger partial charge in [0.25, 0.3) is 11.8 Å². The zero-order valence-electron chi connectivity index (χ0n) is 28.3. The van der Waals surface area contributed by atoms with Gasteiger partial charge in [0.05, 0.1) is 9.81 Å². The highest BCUT2D eigenvalue weighted by molar-refractivity contribution is 8.29. The molecule has 0 aliphatic carbocycles. The first-order chi connectivity index (χ1) is 25.0. The molecule has 2 aliphatic heterocycles. The molecule has 4 heterocycles. The van der Waals surface area contributed by atoms with Crippen molar-refractivity contribution < 1.29 is 19.2 Å². The number of thioether (sulfide) groups is 2. The summed E-state index contributed by atoms with van der Waals surface area (Å²) in [6, 6.07) is 16.5. The van der Waals surface area contributed by atoms with E-state index in [1.54, 1.807) is 12.4 Å². The van der Waals surface area contributed by atoms with Gasteiger partial charge in [0.1, 0.15) is 8.64 Å². The molecule has 4 aromatic rings. The average Bonchev–Trinajstić information content (AvgIpc) is 3.86. The van der Waals surface area contributed by atoms with E-state index in [0.717, 1.165) is 46.1 Å². The fourth-order valence-electron chi connectivity index (χ4n) is 5.56. The predicted molar refractivity (Wildman–Crippen MR) is 219 cm³/mol. The molecule has 4 amide bonds. The Hall–Kier alpha value is -3.80. The third-order valence-corrected chi connectivity index (χ3v) is 12.8. The van der Waals surface area contributed by atoms with Crippen LogP contribution in [0.2, 0.25) is 0 Å². The number of carbonyl (C=O) groups excluding carboxylic acids is 4. The lowest BCUT2D eigenvalue weighted by molar-refractivity contribution is -0.124. The Bertz CT molecular complexity index is 1950. The number of hydrogen-bond acceptors (Lipinski definition) is 12. The summed E-state index contributed by atoms with van der Waals surface area (Å²) in [5.74, 6) is -1.15. The first kappa shape index (κ1) is 37.9. The summed E-state index contributed by atoms with van der Waals surface area (Å²) in [5.41, 5.74) is 4.75. The van der Waals surface area contributed by atoms with Gasteiger partial charge in [-0.3, -0.25) is 29.0 Å². The number of carbonyl (C=O) groups is 4. The van der Waals surface area contributed by atoms with E-state index in [1.165, 1.54) is 54.7 Å². The summed E-state index contributed by atoms with van der Waals surface area (Å²) in [5, 5.41) is 6.75. The molecule has 16 heteroatoms. The Morgan fingerprint density at radius 1 is 0.692 bits per heavy atom. The SMILES string of the molecule is Cc1cccc(Cc2cnc(NC(=O)CCCN3C(=O)C(=C4SC(=S)N(CCCC(=O)Nc5ncc(Cc6cccc(C)c6)s5)C4=O)SC3=S)s2)c1. The fourth-order valence-corrected chi connectivity index (χ4v) is 10.1. The number of nitrogens with one attached hydrogen (secondary N) is 2. The van der Waals surface area contributed by atoms with Gasteiger partial charge in [0.15, 0.2) is 10.3 Å². The summed E-state index contributed by atoms with van der Waals surface area (Å²) in [7, 11) is 0. The summed E-state index contributed by atoms with van der Waals surface area (Å²) in [6.07, 6.45) is 6.13. The molecule has 2 N–H and O–H groups in total. The standard InChI is InChI=1S/C36H34N6O4S6/c1-21-7-3-9-23(15-21)17-25-19-37-33(49-25)39-27(43)11-5-13-41-31(45)29(51-35(41)47)30-32(46)42(36(48)52-30)14-6-12-28(44)40-34-38-20-26(50-34)18-24-10-4-8-22(2)16-24/h3-4,7-10,15-16,19-20H,5-6,11-14,17-18H2,1-2H3,(H,37,39,43)(H,38,40,44). The van der Waals surface area contributed by atoms with Crippen LogP contribution < -0.4 is 10.6 Å². The van der Waals surface area contributed by atoms with Gasteiger partial charge >= 0.3 is 0 Å². The van der Waals surface area contributed by atoms with E-state index in [-0.39, 0.29) is 59.4 Å². The van der Waals surface area contributed by atoms with Crippen LogP contribution in [-0.4, -0.2) is 65.1 Å². The van der Waals surface area contributed by atoms with Crippen molar-refractivity contribution in [3.63, 3.8) is 0 Å². The summed E-state index contributed by atoms with van der Waals surface area (Å²) >= 11 is 16.0. The monoisotopic (exact) mass is 806 g/mol. The van der Waals surface area contributed by atoms with Crippen molar-refractivity contribution in [1.29, 1.82) is 0 Å². The van der Waals surface area contributed by atoms with E-state index in [9.17, 15) is 19.2 Å². The number of benzene rings is 2. The molecule has 0 unspecified atom stereocenters. The van der Waals surface area contributed by atoms with Crippen molar-refractivity contribution >= 4 is 113 Å². The summed E-state index contributed by atoms with van der Waals surface area (Å²) in [4.78, 5) is 66.1. The number of aryl methyl sites for hydroxylation is 2. The Morgan fingerprint density at radius 3 is 1.52 bits per heavy atom. The van der Waals surface area contributed by atoms with Gasteiger partial charge in [0, 0.05) is 60.9 Å². The minimum atomic E-state index is -0.374. The quantitative estimate of drug-likeness (QED) is 0.0980. The third kappa shape index (κ3) is 9.79. The van der Waals surface area contributed by atoms with E-state index in [1.807, 2.05) is 12.1 Å². The largest absolute Gasteiger partial charge is 0.302 e. The molecule has 6 rings (SSSR count). The maximum atomic E-state index is 13.4. The van der Waals surface area contributed by atoms with Crippen molar-refractivity contribution in [3.8, 4) is 0 Å². The molecule has 0 saturated carbocycles. The van der Waals surface area contributed by atoms with Crippen LogP contribution in [0.3, 0.4) is 0 Å². The van der Waals surface area contributed by atoms with Crippen LogP contribution in [0, 0.1) is 13.8 Å². The van der Waals surface area contributed by atoms with E-state index in [4.69, 9.17) is 24.4 Å². The molecule has 2 aliphatic rings. The Balaban J connectivity index is 0.938. The molecule has 0 spiro atoms. The van der Waals surface area contributed by atoms with E-state index in [2.05, 4.69) is 70.8 Å². The van der Waals surface area contributed by atoms with Gasteiger partial charge in [-0.15, -0.1) is 22.7 Å². The maximum Gasteiger partial charge on any atom is 0.267 e. The van der Waals surface area contributed by atoms with Crippen molar-refractivity contribution in [1.82, 2.24) is 19.8 Å². The lowest BCUT2D eigenvalue weighted by atomic mass is 10.1. The highest BCUT2D eigenvalue weighted by atomic mass is 32.2. The number of hydrogen-bond donors (Lipinski definition) is 2. The molecule has 2 saturated heterocycles. The van der Waals surface area contributed by atoms with Crippen LogP contribution in [0.15, 0.2) is 70.7 Å². The van der Waals surface area contributed by atoms with E-state index < -0.39 is 0 Å². The van der Waals surface area contributed by atoms with Crippen molar-refractivity contribution in [2.24, 2.45) is 0 Å². The second-order valence-corrected chi connectivity index (χ2v) is 17.7. The number of nitrogens with zero attached hydrogens (tertiary/aromatic N) is 4. The normalized spacial score (nSPS) is 16.0. The number of rotatable bonds is 14. The Labute approximate surface area is 328 Å². The van der Waals surface area contributed by atoms with Crippen LogP contribution >= 0.6 is 70.6 Å². The van der Waals surface area contributed by atoms with Crippen molar-refractivity contribution in [3.05, 3.63) is 103 Å². The first-order valence-corrected chi connectivity index (χ1v) is 20.5. The van der Waals surface area contributed by atoms with Crippen LogP contribution in [0.25, 0.3) is 0 Å². The number of anilines is 2. The number of thiazole rings is 2. The minimum absolute atomic E-state index is 0.173. The molecule has 2 aromatic heterocycles. The summed E-state index contributed by atoms with van der Waals surface area (Å²) in [6.45, 7) is 4.58. The molecule has 2 fully saturated rings. The van der Waals surface area contributed by atoms with Gasteiger partial charge in [-0.25, -0.2) is 9.97 Å². The highest BCUT2D eigenvalue weighted by Crippen LogP contribution is 2.42. The number of amides is 4. The predicted octanol–water partition coefficient (Wildman–Crippen LogP) is 7.47. The zero-order chi connectivity index (χ0) is 36.8. The van der Waals surface area contributed by atoms with E-state index in [0.29, 0.717) is 31.7 Å².